The number of aryl methyl sites for hydroxylation is 2. The van der Waals surface area contributed by atoms with Crippen molar-refractivity contribution in [1.29, 1.82) is 0 Å². The molecular weight excluding hydrogens is 663 g/mol. The molecular formula is C54H43N. The molecule has 9 aromatic rings. The molecule has 0 saturated heterocycles. The third-order valence-corrected chi connectivity index (χ3v) is 12.9. The van der Waals surface area contributed by atoms with Crippen molar-refractivity contribution in [1.82, 2.24) is 0 Å². The second kappa shape index (κ2) is 11.2. The number of hydrogen-bond donors (Lipinski definition) is 0. The zero-order valence-corrected chi connectivity index (χ0v) is 32.4. The highest BCUT2D eigenvalue weighted by atomic mass is 15.1. The van der Waals surface area contributed by atoms with Gasteiger partial charge in [-0.25, -0.2) is 0 Å². The van der Waals surface area contributed by atoms with Crippen LogP contribution in [0.5, 0.6) is 0 Å². The molecule has 264 valence electrons. The van der Waals surface area contributed by atoms with Gasteiger partial charge in [-0.2, -0.15) is 0 Å². The Kier molecular flexibility index (Phi) is 6.56. The fraction of sp³-hybridized carbons (Fsp3) is 0.148. The summed E-state index contributed by atoms with van der Waals surface area (Å²) in [6, 6.07) is 57.9. The van der Waals surface area contributed by atoms with Gasteiger partial charge in [-0.15, -0.1) is 0 Å². The van der Waals surface area contributed by atoms with Gasteiger partial charge in [0.1, 0.15) is 0 Å². The van der Waals surface area contributed by atoms with Gasteiger partial charge in [-0.3, -0.25) is 0 Å². The van der Waals surface area contributed by atoms with Gasteiger partial charge in [0.25, 0.3) is 0 Å². The van der Waals surface area contributed by atoms with E-state index in [9.17, 15) is 0 Å². The molecule has 0 amide bonds. The lowest BCUT2D eigenvalue weighted by Crippen LogP contribution is -2.15. The Bertz CT molecular complexity index is 2910. The van der Waals surface area contributed by atoms with E-state index in [0.717, 1.165) is 11.4 Å². The van der Waals surface area contributed by atoms with E-state index in [4.69, 9.17) is 0 Å². The molecule has 0 aromatic heterocycles. The van der Waals surface area contributed by atoms with Crippen molar-refractivity contribution in [2.45, 2.75) is 52.4 Å². The molecule has 0 N–H and O–H groups in total. The molecule has 1 heteroatoms. The third-order valence-electron chi connectivity index (χ3n) is 12.9. The summed E-state index contributed by atoms with van der Waals surface area (Å²) in [6.45, 7) is 14.0. The van der Waals surface area contributed by atoms with E-state index in [2.05, 4.69) is 198 Å². The Labute approximate surface area is 323 Å². The lowest BCUT2D eigenvalue weighted by molar-refractivity contribution is 0.662. The first-order chi connectivity index (χ1) is 26.5. The van der Waals surface area contributed by atoms with Crippen LogP contribution in [0.2, 0.25) is 0 Å². The molecule has 55 heavy (non-hydrogen) atoms. The van der Waals surface area contributed by atoms with Crippen molar-refractivity contribution in [2.24, 2.45) is 0 Å². The summed E-state index contributed by atoms with van der Waals surface area (Å²) < 4.78 is 0. The van der Waals surface area contributed by atoms with E-state index in [-0.39, 0.29) is 10.8 Å². The summed E-state index contributed by atoms with van der Waals surface area (Å²) in [7, 11) is 0. The first kappa shape index (κ1) is 32.3. The summed E-state index contributed by atoms with van der Waals surface area (Å²) in [6.07, 6.45) is 0. The molecule has 0 bridgehead atoms. The van der Waals surface area contributed by atoms with Crippen LogP contribution in [0.25, 0.3) is 65.3 Å². The molecule has 9 aromatic carbocycles. The lowest BCUT2D eigenvalue weighted by Gasteiger charge is -2.28. The maximum Gasteiger partial charge on any atom is 0.0468 e. The Balaban J connectivity index is 1.07. The van der Waals surface area contributed by atoms with Crippen molar-refractivity contribution >= 4 is 60.2 Å². The predicted molar refractivity (Wildman–Crippen MR) is 236 cm³/mol. The average Bonchev–Trinajstić information content (AvgIpc) is 3.51. The summed E-state index contributed by atoms with van der Waals surface area (Å²) in [5.41, 5.74) is 16.9. The van der Waals surface area contributed by atoms with Gasteiger partial charge in [-0.05, 0) is 198 Å². The molecule has 1 nitrogen and oxygen atoms in total. The molecule has 0 spiro atoms. The summed E-state index contributed by atoms with van der Waals surface area (Å²) in [4.78, 5) is 2.46. The fourth-order valence-corrected chi connectivity index (χ4v) is 10.1. The largest absolute Gasteiger partial charge is 0.310 e. The van der Waals surface area contributed by atoms with Crippen LogP contribution in [0, 0.1) is 13.8 Å². The maximum atomic E-state index is 2.46. The number of fused-ring (bicyclic) bond motifs is 10. The SMILES string of the molecule is Cc1cc(C)cc(N(c2ccc3cc4c(cc3c2)C(C)(C)c2cc3ccccc3cc2-4)c2ccc3cc4c(cc3c2)C(C)(C)c2cc3ccccc3cc2-4)c1. The highest BCUT2D eigenvalue weighted by molar-refractivity contribution is 6.02. The molecule has 0 heterocycles. The molecule has 0 atom stereocenters. The van der Waals surface area contributed by atoms with Crippen LogP contribution in [0.4, 0.5) is 17.1 Å². The number of anilines is 3. The van der Waals surface area contributed by atoms with Gasteiger partial charge in [0, 0.05) is 27.9 Å². The van der Waals surface area contributed by atoms with Crippen LogP contribution in [0.3, 0.4) is 0 Å². The summed E-state index contributed by atoms with van der Waals surface area (Å²) >= 11 is 0. The van der Waals surface area contributed by atoms with Gasteiger partial charge < -0.3 is 4.90 Å². The average molecular weight is 706 g/mol. The summed E-state index contributed by atoms with van der Waals surface area (Å²) in [5.74, 6) is 0. The van der Waals surface area contributed by atoms with Crippen LogP contribution in [0.1, 0.15) is 61.1 Å². The van der Waals surface area contributed by atoms with Crippen LogP contribution >= 0.6 is 0 Å². The minimum atomic E-state index is -0.0923. The zero-order valence-electron chi connectivity index (χ0n) is 32.4. The van der Waals surface area contributed by atoms with Crippen molar-refractivity contribution in [3.05, 3.63) is 185 Å². The smallest absolute Gasteiger partial charge is 0.0468 e. The molecule has 0 aliphatic heterocycles. The number of nitrogens with zero attached hydrogens (tertiary/aromatic N) is 1. The molecule has 0 saturated carbocycles. The van der Waals surface area contributed by atoms with Crippen molar-refractivity contribution in [3.63, 3.8) is 0 Å². The molecule has 11 rings (SSSR count). The van der Waals surface area contributed by atoms with E-state index >= 15 is 0 Å². The van der Waals surface area contributed by atoms with Gasteiger partial charge in [-0.1, -0.05) is 94.4 Å². The van der Waals surface area contributed by atoms with Gasteiger partial charge in [0.2, 0.25) is 0 Å². The predicted octanol–water partition coefficient (Wildman–Crippen LogP) is 15.0. The van der Waals surface area contributed by atoms with E-state index < -0.39 is 0 Å². The van der Waals surface area contributed by atoms with Crippen LogP contribution < -0.4 is 4.90 Å². The monoisotopic (exact) mass is 705 g/mol. The number of hydrogen-bond acceptors (Lipinski definition) is 1. The van der Waals surface area contributed by atoms with Crippen LogP contribution in [0.15, 0.2) is 152 Å². The topological polar surface area (TPSA) is 3.24 Å². The highest BCUT2D eigenvalue weighted by Gasteiger charge is 2.37. The number of rotatable bonds is 3. The number of benzene rings is 9. The third kappa shape index (κ3) is 4.72. The summed E-state index contributed by atoms with van der Waals surface area (Å²) in [5, 5.41) is 10.3. The molecule has 0 unspecified atom stereocenters. The maximum absolute atomic E-state index is 2.46. The minimum absolute atomic E-state index is 0.0923. The Hall–Kier alpha value is -6.18. The van der Waals surface area contributed by atoms with Crippen molar-refractivity contribution < 1.29 is 0 Å². The molecule has 0 radical (unpaired) electrons. The Morgan fingerprint density at radius 1 is 0.309 bits per heavy atom. The normalized spacial score (nSPS) is 14.7. The van der Waals surface area contributed by atoms with Gasteiger partial charge >= 0.3 is 0 Å². The van der Waals surface area contributed by atoms with E-state index in [1.807, 2.05) is 0 Å². The van der Waals surface area contributed by atoms with E-state index in [1.165, 1.54) is 104 Å². The van der Waals surface area contributed by atoms with Crippen LogP contribution in [-0.4, -0.2) is 0 Å². The zero-order chi connectivity index (χ0) is 37.4. The first-order valence-electron chi connectivity index (χ1n) is 19.7. The second-order valence-electron chi connectivity index (χ2n) is 17.3. The van der Waals surface area contributed by atoms with Crippen molar-refractivity contribution in [3.8, 4) is 22.3 Å². The van der Waals surface area contributed by atoms with Gasteiger partial charge in [0.05, 0.1) is 0 Å². The second-order valence-corrected chi connectivity index (χ2v) is 17.3. The first-order valence-corrected chi connectivity index (χ1v) is 19.7. The Morgan fingerprint density at radius 3 is 1.02 bits per heavy atom. The van der Waals surface area contributed by atoms with Crippen LogP contribution in [-0.2, 0) is 10.8 Å². The minimum Gasteiger partial charge on any atom is -0.310 e. The molecule has 2 aliphatic carbocycles. The van der Waals surface area contributed by atoms with Crippen molar-refractivity contribution in [2.75, 3.05) is 4.90 Å². The lowest BCUT2D eigenvalue weighted by atomic mass is 9.81. The van der Waals surface area contributed by atoms with E-state index in [0.29, 0.717) is 0 Å². The Morgan fingerprint density at radius 2 is 0.636 bits per heavy atom. The fourth-order valence-electron chi connectivity index (χ4n) is 10.1. The van der Waals surface area contributed by atoms with E-state index in [1.54, 1.807) is 0 Å². The standard InChI is InChI=1S/C54H43N/c1-32-19-33(2)21-44(20-32)55(42-17-15-38-26-47-45-24-34-11-7-9-13-36(34)28-49(45)53(3,4)51(47)30-40(38)22-42)43-18-16-39-27-48-46-25-35-12-8-10-14-37(35)29-50(46)54(5,6)52(48)31-41(39)23-43/h7-31H,1-6H3. The highest BCUT2D eigenvalue weighted by Crippen LogP contribution is 2.53. The van der Waals surface area contributed by atoms with Gasteiger partial charge in [0.15, 0.2) is 0 Å². The molecule has 2 aliphatic rings. The quantitative estimate of drug-likeness (QED) is 0.177. The molecule has 0 fully saturated rings.